The van der Waals surface area contributed by atoms with E-state index >= 15 is 0 Å². The van der Waals surface area contributed by atoms with Crippen LogP contribution in [0.15, 0.2) is 45.2 Å². The van der Waals surface area contributed by atoms with Crippen LogP contribution in [0.1, 0.15) is 48.3 Å². The highest BCUT2D eigenvalue weighted by Gasteiger charge is 2.02. The van der Waals surface area contributed by atoms with Crippen LogP contribution in [0.4, 0.5) is 0 Å². The van der Waals surface area contributed by atoms with E-state index in [2.05, 4.69) is 21.1 Å². The Morgan fingerprint density at radius 2 is 1.27 bits per heavy atom. The summed E-state index contributed by atoms with van der Waals surface area (Å²) in [5, 5.41) is 11.8. The standard InChI is InChI=1S/C18H22N4O2S2/c23-17(21-19-13-15-7-5-11-25-15)9-3-1-2-4-10-18(24)22-20-14-16-8-6-12-26-16/h5-8,11-14H,1-4,9-10H2,(H,21,23)(H,22,24). The number of hydrogen-bond donors (Lipinski definition) is 2. The maximum atomic E-state index is 11.6. The van der Waals surface area contributed by atoms with Crippen LogP contribution in [0.2, 0.25) is 0 Å². The van der Waals surface area contributed by atoms with Gasteiger partial charge in [0.2, 0.25) is 11.8 Å². The third-order valence-corrected chi connectivity index (χ3v) is 5.02. The van der Waals surface area contributed by atoms with E-state index in [1.54, 1.807) is 35.1 Å². The fraction of sp³-hybridized carbons (Fsp3) is 0.333. The topological polar surface area (TPSA) is 82.9 Å². The Labute approximate surface area is 161 Å². The molecule has 2 rings (SSSR count). The quantitative estimate of drug-likeness (QED) is 0.348. The second kappa shape index (κ2) is 12.1. The number of unbranched alkanes of at least 4 members (excludes halogenated alkanes) is 3. The highest BCUT2D eigenvalue weighted by Crippen LogP contribution is 2.07. The SMILES string of the molecule is O=C(CCCCCCC(=O)NN=Cc1cccs1)NN=Cc1cccs1. The molecule has 138 valence electrons. The normalized spacial score (nSPS) is 11.2. The summed E-state index contributed by atoms with van der Waals surface area (Å²) < 4.78 is 0. The minimum absolute atomic E-state index is 0.0848. The molecule has 0 saturated carbocycles. The molecule has 0 atom stereocenters. The number of rotatable bonds is 11. The summed E-state index contributed by atoms with van der Waals surface area (Å²) >= 11 is 3.13. The Kier molecular flexibility index (Phi) is 9.31. The molecule has 0 spiro atoms. The molecule has 0 radical (unpaired) electrons. The van der Waals surface area contributed by atoms with Crippen LogP contribution in [0.25, 0.3) is 0 Å². The van der Waals surface area contributed by atoms with Gasteiger partial charge in [-0.05, 0) is 35.7 Å². The van der Waals surface area contributed by atoms with Gasteiger partial charge in [0, 0.05) is 22.6 Å². The van der Waals surface area contributed by atoms with Gasteiger partial charge in [-0.2, -0.15) is 10.2 Å². The maximum Gasteiger partial charge on any atom is 0.240 e. The fourth-order valence-electron chi connectivity index (χ4n) is 2.10. The zero-order chi connectivity index (χ0) is 18.5. The molecular weight excluding hydrogens is 368 g/mol. The number of nitrogens with one attached hydrogen (secondary N) is 2. The molecule has 2 N–H and O–H groups in total. The molecule has 0 aliphatic rings. The minimum atomic E-state index is -0.0848. The van der Waals surface area contributed by atoms with Gasteiger partial charge in [0.05, 0.1) is 12.4 Å². The van der Waals surface area contributed by atoms with Crippen molar-refractivity contribution in [1.29, 1.82) is 0 Å². The van der Waals surface area contributed by atoms with E-state index in [1.807, 2.05) is 35.0 Å². The van der Waals surface area contributed by atoms with Gasteiger partial charge in [0.15, 0.2) is 0 Å². The molecular formula is C18H22N4O2S2. The van der Waals surface area contributed by atoms with Gasteiger partial charge in [-0.15, -0.1) is 22.7 Å². The number of hydrazone groups is 2. The van der Waals surface area contributed by atoms with E-state index in [0.29, 0.717) is 12.8 Å². The van der Waals surface area contributed by atoms with Gasteiger partial charge in [0.1, 0.15) is 0 Å². The van der Waals surface area contributed by atoms with Crippen LogP contribution < -0.4 is 10.9 Å². The van der Waals surface area contributed by atoms with E-state index in [-0.39, 0.29) is 11.8 Å². The Morgan fingerprint density at radius 3 is 1.65 bits per heavy atom. The third kappa shape index (κ3) is 8.68. The highest BCUT2D eigenvalue weighted by molar-refractivity contribution is 7.12. The predicted molar refractivity (Wildman–Crippen MR) is 108 cm³/mol. The number of thiophene rings is 2. The molecule has 2 heterocycles. The van der Waals surface area contributed by atoms with Gasteiger partial charge in [-0.25, -0.2) is 10.9 Å². The first-order chi connectivity index (χ1) is 12.7. The molecule has 6 nitrogen and oxygen atoms in total. The second-order valence-electron chi connectivity index (χ2n) is 5.53. The van der Waals surface area contributed by atoms with Crippen molar-refractivity contribution in [1.82, 2.24) is 10.9 Å². The van der Waals surface area contributed by atoms with Crippen molar-refractivity contribution in [3.8, 4) is 0 Å². The molecule has 2 amide bonds. The average Bonchev–Trinajstić information content (AvgIpc) is 3.32. The Balaban J connectivity index is 1.44. The number of amides is 2. The zero-order valence-electron chi connectivity index (χ0n) is 14.4. The number of hydrogen-bond acceptors (Lipinski definition) is 6. The predicted octanol–water partition coefficient (Wildman–Crippen LogP) is 3.75. The summed E-state index contributed by atoms with van der Waals surface area (Å²) in [6, 6.07) is 7.74. The van der Waals surface area contributed by atoms with Crippen LogP contribution in [-0.4, -0.2) is 24.2 Å². The van der Waals surface area contributed by atoms with Gasteiger partial charge < -0.3 is 0 Å². The van der Waals surface area contributed by atoms with E-state index < -0.39 is 0 Å². The fourth-order valence-corrected chi connectivity index (χ4v) is 3.27. The molecule has 0 aliphatic carbocycles. The van der Waals surface area contributed by atoms with Crippen molar-refractivity contribution in [3.63, 3.8) is 0 Å². The van der Waals surface area contributed by atoms with Crippen LogP contribution in [-0.2, 0) is 9.59 Å². The van der Waals surface area contributed by atoms with Gasteiger partial charge in [-0.3, -0.25) is 9.59 Å². The lowest BCUT2D eigenvalue weighted by molar-refractivity contribution is -0.122. The van der Waals surface area contributed by atoms with E-state index in [9.17, 15) is 9.59 Å². The lowest BCUT2D eigenvalue weighted by atomic mass is 10.1. The molecule has 0 bridgehead atoms. The molecule has 2 aromatic rings. The summed E-state index contributed by atoms with van der Waals surface area (Å²) in [5.74, 6) is -0.170. The number of nitrogens with zero attached hydrogens (tertiary/aromatic N) is 2. The van der Waals surface area contributed by atoms with Crippen LogP contribution in [0.5, 0.6) is 0 Å². The van der Waals surface area contributed by atoms with E-state index in [1.165, 1.54) is 0 Å². The van der Waals surface area contributed by atoms with Crippen molar-refractivity contribution in [2.45, 2.75) is 38.5 Å². The molecule has 0 aromatic carbocycles. The van der Waals surface area contributed by atoms with Crippen LogP contribution in [0.3, 0.4) is 0 Å². The lowest BCUT2D eigenvalue weighted by Crippen LogP contribution is -2.17. The van der Waals surface area contributed by atoms with Crippen molar-refractivity contribution in [3.05, 3.63) is 44.8 Å². The molecule has 26 heavy (non-hydrogen) atoms. The molecule has 0 fully saturated rings. The first kappa shape index (κ1) is 20.0. The second-order valence-corrected chi connectivity index (χ2v) is 7.49. The third-order valence-electron chi connectivity index (χ3n) is 3.41. The summed E-state index contributed by atoms with van der Waals surface area (Å²) in [4.78, 5) is 25.3. The summed E-state index contributed by atoms with van der Waals surface area (Å²) in [5.41, 5.74) is 5.05. The monoisotopic (exact) mass is 390 g/mol. The van der Waals surface area contributed by atoms with Crippen molar-refractivity contribution in [2.24, 2.45) is 10.2 Å². The number of carbonyl (C=O) groups excluding carboxylic acids is 2. The molecule has 8 heteroatoms. The average molecular weight is 391 g/mol. The van der Waals surface area contributed by atoms with Gasteiger partial charge >= 0.3 is 0 Å². The molecule has 2 aromatic heterocycles. The Morgan fingerprint density at radius 1 is 0.808 bits per heavy atom. The maximum absolute atomic E-state index is 11.6. The summed E-state index contributed by atoms with van der Waals surface area (Å²) in [6.07, 6.45) is 7.57. The van der Waals surface area contributed by atoms with Gasteiger partial charge in [0.25, 0.3) is 0 Å². The Hall–Kier alpha value is -2.32. The molecule has 0 saturated heterocycles. The largest absolute Gasteiger partial charge is 0.273 e. The Bertz CT molecular complexity index is 647. The summed E-state index contributed by atoms with van der Waals surface area (Å²) in [6.45, 7) is 0. The first-order valence-electron chi connectivity index (χ1n) is 8.45. The first-order valence-corrected chi connectivity index (χ1v) is 10.2. The number of carbonyl (C=O) groups is 2. The summed E-state index contributed by atoms with van der Waals surface area (Å²) in [7, 11) is 0. The molecule has 0 aliphatic heterocycles. The molecule has 0 unspecified atom stereocenters. The van der Waals surface area contributed by atoms with Gasteiger partial charge in [-0.1, -0.05) is 25.0 Å². The lowest BCUT2D eigenvalue weighted by Gasteiger charge is -2.01. The highest BCUT2D eigenvalue weighted by atomic mass is 32.1. The van der Waals surface area contributed by atoms with Crippen molar-refractivity contribution < 1.29 is 9.59 Å². The zero-order valence-corrected chi connectivity index (χ0v) is 16.0. The van der Waals surface area contributed by atoms with E-state index in [4.69, 9.17) is 0 Å². The smallest absolute Gasteiger partial charge is 0.240 e. The van der Waals surface area contributed by atoms with Crippen molar-refractivity contribution in [2.75, 3.05) is 0 Å². The van der Waals surface area contributed by atoms with Crippen molar-refractivity contribution >= 4 is 46.9 Å². The van der Waals surface area contributed by atoms with E-state index in [0.717, 1.165) is 35.4 Å². The van der Waals surface area contributed by atoms with Crippen LogP contribution in [0, 0.1) is 0 Å². The minimum Gasteiger partial charge on any atom is -0.273 e. The van der Waals surface area contributed by atoms with Crippen LogP contribution >= 0.6 is 22.7 Å².